The normalized spacial score (nSPS) is 17.8. The van der Waals surface area contributed by atoms with Gasteiger partial charge in [-0.25, -0.2) is 18.2 Å². The van der Waals surface area contributed by atoms with Gasteiger partial charge in [-0.1, -0.05) is 6.07 Å². The molecule has 9 nitrogen and oxygen atoms in total. The van der Waals surface area contributed by atoms with Crippen LogP contribution in [0, 0.1) is 6.92 Å². The summed E-state index contributed by atoms with van der Waals surface area (Å²) in [6.45, 7) is 1.65. The summed E-state index contributed by atoms with van der Waals surface area (Å²) in [7, 11) is -3.24. The number of hydrogen-bond donors (Lipinski definition) is 1. The van der Waals surface area contributed by atoms with E-state index in [2.05, 4.69) is 10.3 Å². The molecule has 2 aromatic rings. The van der Waals surface area contributed by atoms with Crippen LogP contribution in [-0.2, 0) is 21.2 Å². The maximum Gasteiger partial charge on any atom is 0.325 e. The van der Waals surface area contributed by atoms with Gasteiger partial charge in [0.15, 0.2) is 0 Å². The molecule has 0 saturated carbocycles. The Balaban J connectivity index is 1.84. The van der Waals surface area contributed by atoms with Gasteiger partial charge in [-0.2, -0.15) is 0 Å². The number of nitrogens with zero attached hydrogens (tertiary/aromatic N) is 3. The van der Waals surface area contributed by atoms with Gasteiger partial charge in [0.1, 0.15) is 21.5 Å². The number of amides is 3. The van der Waals surface area contributed by atoms with E-state index in [-0.39, 0.29) is 30.0 Å². The van der Waals surface area contributed by atoms with Crippen molar-refractivity contribution in [1.29, 1.82) is 0 Å². The second-order valence-corrected chi connectivity index (χ2v) is 8.58. The number of nitrogens with one attached hydrogen (secondary N) is 1. The number of fused-ring (bicyclic) bond motifs is 1. The van der Waals surface area contributed by atoms with Crippen molar-refractivity contribution in [3.8, 4) is 0 Å². The molecule has 0 aromatic carbocycles. The lowest BCUT2D eigenvalue weighted by atomic mass is 10.2. The fraction of sp³-hybridized carbons (Fsp3) is 0.375. The van der Waals surface area contributed by atoms with Gasteiger partial charge in [-0.05, 0) is 25.0 Å². The average molecular weight is 378 g/mol. The van der Waals surface area contributed by atoms with Crippen molar-refractivity contribution in [3.05, 3.63) is 46.0 Å². The van der Waals surface area contributed by atoms with E-state index in [1.807, 2.05) is 0 Å². The van der Waals surface area contributed by atoms with E-state index in [0.29, 0.717) is 5.65 Å². The van der Waals surface area contributed by atoms with E-state index in [4.69, 9.17) is 0 Å². The Kier molecular flexibility index (Phi) is 4.53. The highest BCUT2D eigenvalue weighted by molar-refractivity contribution is 7.90. The Hall–Kier alpha value is -2.75. The van der Waals surface area contributed by atoms with Crippen molar-refractivity contribution in [3.63, 3.8) is 0 Å². The molecule has 138 valence electrons. The molecule has 3 heterocycles. The SMILES string of the molecule is Cc1cccn2c(=O)cc(CN3C(=O)N[C@@H](CCS(C)(=O)=O)C3=O)nc12. The molecule has 0 spiro atoms. The van der Waals surface area contributed by atoms with Gasteiger partial charge in [-0.3, -0.25) is 18.9 Å². The largest absolute Gasteiger partial charge is 0.326 e. The van der Waals surface area contributed by atoms with Gasteiger partial charge in [0, 0.05) is 18.5 Å². The number of carbonyl (C=O) groups excluding carboxylic acids is 2. The second-order valence-electron chi connectivity index (χ2n) is 6.32. The van der Waals surface area contributed by atoms with Crippen molar-refractivity contribution in [1.82, 2.24) is 19.6 Å². The predicted octanol–water partition coefficient (Wildman–Crippen LogP) is -0.142. The van der Waals surface area contributed by atoms with Gasteiger partial charge < -0.3 is 5.32 Å². The molecule has 10 heteroatoms. The Morgan fingerprint density at radius 3 is 2.69 bits per heavy atom. The first-order valence-electron chi connectivity index (χ1n) is 7.93. The number of pyridine rings is 1. The number of aromatic nitrogens is 2. The molecular formula is C16H18N4O5S. The van der Waals surface area contributed by atoms with E-state index in [1.165, 1.54) is 10.5 Å². The molecule has 1 aliphatic heterocycles. The zero-order valence-electron chi connectivity index (χ0n) is 14.3. The number of aryl methyl sites for hydroxylation is 1. The van der Waals surface area contributed by atoms with E-state index < -0.39 is 27.8 Å². The van der Waals surface area contributed by atoms with Crippen LogP contribution in [0.1, 0.15) is 17.7 Å². The van der Waals surface area contributed by atoms with Crippen molar-refractivity contribution in [2.75, 3.05) is 12.0 Å². The van der Waals surface area contributed by atoms with Gasteiger partial charge in [0.25, 0.3) is 11.5 Å². The first-order chi connectivity index (χ1) is 12.2. The summed E-state index contributed by atoms with van der Waals surface area (Å²) in [5.41, 5.74) is 1.22. The van der Waals surface area contributed by atoms with E-state index in [0.717, 1.165) is 16.7 Å². The summed E-state index contributed by atoms with van der Waals surface area (Å²) in [6, 6.07) is 3.30. The van der Waals surface area contributed by atoms with Crippen LogP contribution in [0.4, 0.5) is 4.79 Å². The van der Waals surface area contributed by atoms with Gasteiger partial charge in [0.2, 0.25) is 0 Å². The topological polar surface area (TPSA) is 118 Å². The number of imide groups is 1. The monoisotopic (exact) mass is 378 g/mol. The second kappa shape index (κ2) is 6.52. The van der Waals surface area contributed by atoms with Crippen molar-refractivity contribution < 1.29 is 18.0 Å². The number of urea groups is 1. The molecule has 0 unspecified atom stereocenters. The molecular weight excluding hydrogens is 360 g/mol. The quantitative estimate of drug-likeness (QED) is 0.724. The minimum Gasteiger partial charge on any atom is -0.326 e. The van der Waals surface area contributed by atoms with Crippen LogP contribution in [-0.4, -0.2) is 52.7 Å². The maximum atomic E-state index is 12.4. The average Bonchev–Trinajstić information content (AvgIpc) is 2.81. The molecule has 0 radical (unpaired) electrons. The van der Waals surface area contributed by atoms with Crippen LogP contribution >= 0.6 is 0 Å². The number of rotatable bonds is 5. The van der Waals surface area contributed by atoms with Crippen LogP contribution in [0.5, 0.6) is 0 Å². The Bertz CT molecular complexity index is 1060. The minimum absolute atomic E-state index is 0.00677. The lowest BCUT2D eigenvalue weighted by molar-refractivity contribution is -0.127. The molecule has 1 saturated heterocycles. The number of sulfone groups is 1. The minimum atomic E-state index is -3.24. The lowest BCUT2D eigenvalue weighted by Gasteiger charge is -2.13. The molecule has 0 bridgehead atoms. The number of hydrogen-bond acceptors (Lipinski definition) is 6. The highest BCUT2D eigenvalue weighted by Gasteiger charge is 2.38. The molecule has 26 heavy (non-hydrogen) atoms. The molecule has 3 rings (SSSR count). The first kappa shape index (κ1) is 18.1. The molecule has 1 N–H and O–H groups in total. The first-order valence-corrected chi connectivity index (χ1v) is 9.99. The van der Waals surface area contributed by atoms with Crippen LogP contribution in [0.25, 0.3) is 5.65 Å². The van der Waals surface area contributed by atoms with Crippen molar-refractivity contribution in [2.24, 2.45) is 0 Å². The van der Waals surface area contributed by atoms with Gasteiger partial charge in [0.05, 0.1) is 18.0 Å². The standard InChI is InChI=1S/C16H18N4O5S/c1-10-4-3-6-19-13(21)8-11(17-14(10)19)9-20-15(22)12(18-16(20)23)5-7-26(2,24)25/h3-4,6,8,12H,5,7,9H2,1-2H3,(H,18,23)/t12-/m0/s1. The smallest absolute Gasteiger partial charge is 0.325 e. The highest BCUT2D eigenvalue weighted by atomic mass is 32.2. The Morgan fingerprint density at radius 2 is 2.00 bits per heavy atom. The zero-order chi connectivity index (χ0) is 19.1. The van der Waals surface area contributed by atoms with Crippen molar-refractivity contribution in [2.45, 2.75) is 25.9 Å². The summed E-state index contributed by atoms with van der Waals surface area (Å²) in [5, 5.41) is 2.47. The van der Waals surface area contributed by atoms with Gasteiger partial charge >= 0.3 is 6.03 Å². The number of carbonyl (C=O) groups is 2. The highest BCUT2D eigenvalue weighted by Crippen LogP contribution is 2.14. The van der Waals surface area contributed by atoms with Crippen molar-refractivity contribution >= 4 is 27.4 Å². The lowest BCUT2D eigenvalue weighted by Crippen LogP contribution is -2.32. The van der Waals surface area contributed by atoms with Crippen LogP contribution in [0.2, 0.25) is 0 Å². The van der Waals surface area contributed by atoms with Gasteiger partial charge in [-0.15, -0.1) is 0 Å². The van der Waals surface area contributed by atoms with E-state index in [9.17, 15) is 22.8 Å². The molecule has 1 aliphatic rings. The van der Waals surface area contributed by atoms with Crippen LogP contribution in [0.15, 0.2) is 29.2 Å². The third-order valence-corrected chi connectivity index (χ3v) is 5.12. The zero-order valence-corrected chi connectivity index (χ0v) is 15.1. The summed E-state index contributed by atoms with van der Waals surface area (Å²) >= 11 is 0. The van der Waals surface area contributed by atoms with Crippen LogP contribution < -0.4 is 10.9 Å². The van der Waals surface area contributed by atoms with Crippen LogP contribution in [0.3, 0.4) is 0 Å². The molecule has 1 fully saturated rings. The summed E-state index contributed by atoms with van der Waals surface area (Å²) < 4.78 is 23.9. The molecule has 3 amide bonds. The summed E-state index contributed by atoms with van der Waals surface area (Å²) in [5.74, 6) is -0.725. The maximum absolute atomic E-state index is 12.4. The van der Waals surface area contributed by atoms with E-state index in [1.54, 1.807) is 25.3 Å². The molecule has 2 aromatic heterocycles. The fourth-order valence-corrected chi connectivity index (χ4v) is 3.47. The summed E-state index contributed by atoms with van der Waals surface area (Å²) in [4.78, 5) is 42.0. The fourth-order valence-electron chi connectivity index (χ4n) is 2.81. The third-order valence-electron chi connectivity index (χ3n) is 4.14. The summed E-state index contributed by atoms with van der Waals surface area (Å²) in [6.07, 6.45) is 2.67. The Morgan fingerprint density at radius 1 is 1.27 bits per heavy atom. The molecule has 0 aliphatic carbocycles. The Labute approximate surface area is 149 Å². The molecule has 1 atom stereocenters. The predicted molar refractivity (Wildman–Crippen MR) is 93.4 cm³/mol. The third kappa shape index (κ3) is 3.59. The van der Waals surface area contributed by atoms with E-state index >= 15 is 0 Å².